The van der Waals surface area contributed by atoms with Crippen molar-refractivity contribution in [1.29, 1.82) is 0 Å². The van der Waals surface area contributed by atoms with Gasteiger partial charge in [-0.2, -0.15) is 0 Å². The fraction of sp³-hybridized carbons (Fsp3) is 0.600. The molecule has 1 aromatic rings. The summed E-state index contributed by atoms with van der Waals surface area (Å²) in [4.78, 5) is 19.0. The van der Waals surface area contributed by atoms with Crippen molar-refractivity contribution in [3.63, 3.8) is 0 Å². The summed E-state index contributed by atoms with van der Waals surface area (Å²) in [6.07, 6.45) is 2.69. The third-order valence-corrected chi connectivity index (χ3v) is 3.39. The van der Waals surface area contributed by atoms with Crippen molar-refractivity contribution in [2.24, 2.45) is 0 Å². The van der Waals surface area contributed by atoms with Gasteiger partial charge in [0.1, 0.15) is 0 Å². The van der Waals surface area contributed by atoms with Crippen LogP contribution in [0.3, 0.4) is 0 Å². The van der Waals surface area contributed by atoms with Gasteiger partial charge in [-0.25, -0.2) is 0 Å². The van der Waals surface area contributed by atoms with Gasteiger partial charge in [0.05, 0.1) is 18.1 Å². The Morgan fingerprint density at radius 2 is 2.60 bits per heavy atom. The highest BCUT2D eigenvalue weighted by atomic mass is 32.1. The van der Waals surface area contributed by atoms with Crippen molar-refractivity contribution >= 4 is 17.2 Å². The summed E-state index contributed by atoms with van der Waals surface area (Å²) in [5.74, 6) is 0.220. The Morgan fingerprint density at radius 3 is 3.27 bits per heavy atom. The van der Waals surface area contributed by atoms with Crippen molar-refractivity contribution in [3.05, 3.63) is 16.6 Å². The number of rotatable bonds is 3. The van der Waals surface area contributed by atoms with Crippen LogP contribution in [0.25, 0.3) is 0 Å². The minimum Gasteiger partial charge on any atom is -0.335 e. The van der Waals surface area contributed by atoms with Gasteiger partial charge >= 0.3 is 0 Å². The van der Waals surface area contributed by atoms with Crippen molar-refractivity contribution in [3.8, 4) is 0 Å². The standard InChI is InChI=1S/C10H15N3OS/c1-2-9-10(14)13(4-3-12-9)6-8-5-11-7-15-8/h5,7,9,12H,2-4,6H2,1H3. The Balaban J connectivity index is 1.99. The number of hydrogen-bond donors (Lipinski definition) is 1. The van der Waals surface area contributed by atoms with E-state index in [4.69, 9.17) is 0 Å². The first-order valence-electron chi connectivity index (χ1n) is 5.20. The second-order valence-electron chi connectivity index (χ2n) is 3.64. The molecule has 82 valence electrons. The Kier molecular flexibility index (Phi) is 3.33. The molecule has 1 atom stereocenters. The molecule has 1 aliphatic rings. The maximum absolute atomic E-state index is 11.9. The molecule has 0 aromatic carbocycles. The van der Waals surface area contributed by atoms with Crippen molar-refractivity contribution in [1.82, 2.24) is 15.2 Å². The number of nitrogens with one attached hydrogen (secondary N) is 1. The van der Waals surface area contributed by atoms with Gasteiger partial charge in [0, 0.05) is 24.2 Å². The second-order valence-corrected chi connectivity index (χ2v) is 4.61. The molecule has 15 heavy (non-hydrogen) atoms. The minimum atomic E-state index is 0.00618. The Hall–Kier alpha value is -0.940. The highest BCUT2D eigenvalue weighted by Crippen LogP contribution is 2.13. The lowest BCUT2D eigenvalue weighted by Gasteiger charge is -2.32. The molecule has 0 bridgehead atoms. The number of nitrogens with zero attached hydrogens (tertiary/aromatic N) is 2. The zero-order valence-electron chi connectivity index (χ0n) is 8.77. The van der Waals surface area contributed by atoms with Crippen LogP contribution in [-0.2, 0) is 11.3 Å². The molecular weight excluding hydrogens is 210 g/mol. The average Bonchev–Trinajstić information content (AvgIpc) is 2.74. The van der Waals surface area contributed by atoms with Gasteiger partial charge in [-0.05, 0) is 6.42 Å². The molecule has 1 fully saturated rings. The Morgan fingerprint density at radius 1 is 1.73 bits per heavy atom. The van der Waals surface area contributed by atoms with Crippen LogP contribution >= 0.6 is 11.3 Å². The van der Waals surface area contributed by atoms with E-state index in [1.54, 1.807) is 16.8 Å². The lowest BCUT2D eigenvalue weighted by Crippen LogP contribution is -2.54. The van der Waals surface area contributed by atoms with Crippen LogP contribution in [0, 0.1) is 0 Å². The number of aromatic nitrogens is 1. The van der Waals surface area contributed by atoms with Gasteiger partial charge in [-0.15, -0.1) is 11.3 Å². The summed E-state index contributed by atoms with van der Waals surface area (Å²) < 4.78 is 0. The molecule has 0 saturated carbocycles. The van der Waals surface area contributed by atoms with E-state index in [1.165, 1.54) is 0 Å². The summed E-state index contributed by atoms with van der Waals surface area (Å²) >= 11 is 1.60. The van der Waals surface area contributed by atoms with Gasteiger partial charge in [0.2, 0.25) is 5.91 Å². The van der Waals surface area contributed by atoms with E-state index < -0.39 is 0 Å². The summed E-state index contributed by atoms with van der Waals surface area (Å²) in [5.41, 5.74) is 1.80. The monoisotopic (exact) mass is 225 g/mol. The van der Waals surface area contributed by atoms with Gasteiger partial charge in [0.15, 0.2) is 0 Å². The number of carbonyl (C=O) groups is 1. The predicted octanol–water partition coefficient (Wildman–Crippen LogP) is 0.853. The maximum atomic E-state index is 11.9. The number of hydrogen-bond acceptors (Lipinski definition) is 4. The molecule has 0 spiro atoms. The first kappa shape index (κ1) is 10.6. The van der Waals surface area contributed by atoms with Gasteiger partial charge in [-0.1, -0.05) is 6.92 Å². The third kappa shape index (κ3) is 2.35. The van der Waals surface area contributed by atoms with Crippen molar-refractivity contribution < 1.29 is 4.79 Å². The average molecular weight is 225 g/mol. The van der Waals surface area contributed by atoms with E-state index in [-0.39, 0.29) is 11.9 Å². The largest absolute Gasteiger partial charge is 0.335 e. The van der Waals surface area contributed by atoms with Crippen molar-refractivity contribution in [2.45, 2.75) is 25.9 Å². The molecule has 1 aromatic heterocycles. The summed E-state index contributed by atoms with van der Waals surface area (Å²) in [6.45, 7) is 4.43. The maximum Gasteiger partial charge on any atom is 0.240 e. The van der Waals surface area contributed by atoms with E-state index in [0.717, 1.165) is 24.4 Å². The molecule has 2 heterocycles. The molecule has 1 aliphatic heterocycles. The smallest absolute Gasteiger partial charge is 0.240 e. The molecular formula is C10H15N3OS. The fourth-order valence-corrected chi connectivity index (χ4v) is 2.39. The van der Waals surface area contributed by atoms with E-state index in [1.807, 2.05) is 18.0 Å². The van der Waals surface area contributed by atoms with E-state index in [9.17, 15) is 4.79 Å². The fourth-order valence-electron chi connectivity index (χ4n) is 1.78. The molecule has 1 amide bonds. The lowest BCUT2D eigenvalue weighted by atomic mass is 10.1. The van der Waals surface area contributed by atoms with E-state index in [0.29, 0.717) is 6.54 Å². The Labute approximate surface area is 93.3 Å². The second kappa shape index (κ2) is 4.72. The minimum absolute atomic E-state index is 0.00618. The zero-order chi connectivity index (χ0) is 10.7. The molecule has 0 aliphatic carbocycles. The van der Waals surface area contributed by atoms with Crippen LogP contribution in [0.5, 0.6) is 0 Å². The van der Waals surface area contributed by atoms with Crippen molar-refractivity contribution in [2.75, 3.05) is 13.1 Å². The van der Waals surface area contributed by atoms with Gasteiger partial charge in [0.25, 0.3) is 0 Å². The first-order valence-corrected chi connectivity index (χ1v) is 6.08. The SMILES string of the molecule is CCC1NCCN(Cc2cncs2)C1=O. The quantitative estimate of drug-likeness (QED) is 0.829. The van der Waals surface area contributed by atoms with Crippen LogP contribution in [0.4, 0.5) is 0 Å². The van der Waals surface area contributed by atoms with Crippen LogP contribution < -0.4 is 5.32 Å². The van der Waals surface area contributed by atoms with Crippen LogP contribution in [0.15, 0.2) is 11.7 Å². The molecule has 0 radical (unpaired) electrons. The summed E-state index contributed by atoms with van der Waals surface area (Å²) in [5, 5.41) is 3.22. The normalized spacial score (nSPS) is 22.1. The number of carbonyl (C=O) groups excluding carboxylic acids is 1. The Bertz CT molecular complexity index is 325. The molecule has 5 heteroatoms. The van der Waals surface area contributed by atoms with Gasteiger partial charge in [-0.3, -0.25) is 9.78 Å². The lowest BCUT2D eigenvalue weighted by molar-refractivity contribution is -0.136. The summed E-state index contributed by atoms with van der Waals surface area (Å²) in [6, 6.07) is 0.00618. The topological polar surface area (TPSA) is 45.2 Å². The summed E-state index contributed by atoms with van der Waals surface area (Å²) in [7, 11) is 0. The first-order chi connectivity index (χ1) is 7.31. The number of amides is 1. The molecule has 1 N–H and O–H groups in total. The van der Waals surface area contributed by atoms with E-state index in [2.05, 4.69) is 10.3 Å². The van der Waals surface area contributed by atoms with Crippen LogP contribution in [0.2, 0.25) is 0 Å². The predicted molar refractivity (Wildman–Crippen MR) is 59.6 cm³/mol. The highest BCUT2D eigenvalue weighted by Gasteiger charge is 2.26. The molecule has 1 unspecified atom stereocenters. The highest BCUT2D eigenvalue weighted by molar-refractivity contribution is 7.09. The van der Waals surface area contributed by atoms with E-state index >= 15 is 0 Å². The van der Waals surface area contributed by atoms with Crippen LogP contribution in [-0.4, -0.2) is 34.9 Å². The van der Waals surface area contributed by atoms with Gasteiger partial charge < -0.3 is 10.2 Å². The third-order valence-electron chi connectivity index (χ3n) is 2.62. The molecule has 2 rings (SSSR count). The van der Waals surface area contributed by atoms with Crippen LogP contribution in [0.1, 0.15) is 18.2 Å². The zero-order valence-corrected chi connectivity index (χ0v) is 9.59. The number of thiazole rings is 1. The molecule has 4 nitrogen and oxygen atoms in total. The number of piperazine rings is 1. The molecule has 1 saturated heterocycles.